The molecule has 0 spiro atoms. The highest BCUT2D eigenvalue weighted by Gasteiger charge is 2.41. The molecule has 3 nitrogen and oxygen atoms in total. The monoisotopic (exact) mass is 276 g/mol. The molecule has 3 unspecified atom stereocenters. The number of alkyl halides is 2. The van der Waals surface area contributed by atoms with Crippen LogP contribution in [-0.2, 0) is 4.74 Å². The van der Waals surface area contributed by atoms with Crippen molar-refractivity contribution in [2.75, 3.05) is 6.61 Å². The highest BCUT2D eigenvalue weighted by Crippen LogP contribution is 2.40. The molecular weight excluding hydrogens is 250 g/mol. The number of hydrogen-bond donors (Lipinski definition) is 2. The lowest BCUT2D eigenvalue weighted by Gasteiger charge is -2.42. The number of rotatable bonds is 4. The van der Waals surface area contributed by atoms with E-state index in [0.29, 0.717) is 12.8 Å². The molecule has 1 saturated carbocycles. The van der Waals surface area contributed by atoms with Crippen LogP contribution in [0.25, 0.3) is 0 Å². The Morgan fingerprint density at radius 1 is 1.32 bits per heavy atom. The van der Waals surface area contributed by atoms with Crippen LogP contribution in [0.2, 0.25) is 0 Å². The van der Waals surface area contributed by atoms with Gasteiger partial charge in [0, 0.05) is 19.4 Å². The molecule has 0 aromatic rings. The molecule has 5 heteroatoms. The molecule has 1 aliphatic heterocycles. The predicted molar refractivity (Wildman–Crippen MR) is 70.8 cm³/mol. The smallest absolute Gasteiger partial charge is 0.248 e. The first-order chi connectivity index (χ1) is 8.95. The molecule has 3 N–H and O–H groups in total. The topological polar surface area (TPSA) is 47.3 Å². The standard InChI is InChI=1S/C14H26F2N2O/c1-13(6-2-3-8-19-13)12(18-17)9-11-5-4-7-14(15,16)10-11/h11-12,18H,2-10,17H2,1H3. The molecule has 0 aromatic carbocycles. The maximum absolute atomic E-state index is 13.5. The SMILES string of the molecule is CC1(C(CC2CCCC(F)(F)C2)NN)CCCCO1. The van der Waals surface area contributed by atoms with E-state index in [1.807, 2.05) is 0 Å². The summed E-state index contributed by atoms with van der Waals surface area (Å²) in [7, 11) is 0. The van der Waals surface area contributed by atoms with E-state index in [9.17, 15) is 8.78 Å². The summed E-state index contributed by atoms with van der Waals surface area (Å²) < 4.78 is 32.8. The molecule has 0 amide bonds. The highest BCUT2D eigenvalue weighted by molar-refractivity contribution is 4.93. The molecule has 1 heterocycles. The van der Waals surface area contributed by atoms with Crippen LogP contribution in [0, 0.1) is 5.92 Å². The molecule has 2 rings (SSSR count). The predicted octanol–water partition coefficient (Wildman–Crippen LogP) is 2.99. The van der Waals surface area contributed by atoms with Gasteiger partial charge in [-0.3, -0.25) is 11.3 Å². The summed E-state index contributed by atoms with van der Waals surface area (Å²) in [5.74, 6) is 3.21. The van der Waals surface area contributed by atoms with Crippen molar-refractivity contribution in [3.63, 3.8) is 0 Å². The zero-order valence-electron chi connectivity index (χ0n) is 11.8. The van der Waals surface area contributed by atoms with Crippen LogP contribution in [0.4, 0.5) is 8.78 Å². The van der Waals surface area contributed by atoms with Crippen molar-refractivity contribution in [1.29, 1.82) is 0 Å². The van der Waals surface area contributed by atoms with Crippen molar-refractivity contribution in [2.45, 2.75) is 75.9 Å². The third kappa shape index (κ3) is 3.86. The first-order valence-electron chi connectivity index (χ1n) is 7.43. The lowest BCUT2D eigenvalue weighted by atomic mass is 9.77. The summed E-state index contributed by atoms with van der Waals surface area (Å²) >= 11 is 0. The van der Waals surface area contributed by atoms with Gasteiger partial charge < -0.3 is 4.74 Å². The van der Waals surface area contributed by atoms with Gasteiger partial charge in [0.1, 0.15) is 0 Å². The zero-order chi connectivity index (χ0) is 13.9. The number of nitrogens with two attached hydrogens (primary N) is 1. The number of halogens is 2. The van der Waals surface area contributed by atoms with E-state index in [-0.39, 0.29) is 30.4 Å². The molecule has 3 atom stereocenters. The van der Waals surface area contributed by atoms with Crippen LogP contribution in [-0.4, -0.2) is 24.2 Å². The maximum Gasteiger partial charge on any atom is 0.248 e. The van der Waals surface area contributed by atoms with E-state index in [2.05, 4.69) is 12.3 Å². The molecule has 1 saturated heterocycles. The lowest BCUT2D eigenvalue weighted by molar-refractivity contribution is -0.101. The summed E-state index contributed by atoms with van der Waals surface area (Å²) in [6.45, 7) is 2.80. The van der Waals surface area contributed by atoms with Gasteiger partial charge in [-0.15, -0.1) is 0 Å². The summed E-state index contributed by atoms with van der Waals surface area (Å²) in [5, 5.41) is 0. The lowest BCUT2D eigenvalue weighted by Crippen LogP contribution is -2.55. The molecular formula is C14H26F2N2O. The average molecular weight is 276 g/mol. The summed E-state index contributed by atoms with van der Waals surface area (Å²) in [5.41, 5.74) is 2.51. The Morgan fingerprint density at radius 3 is 2.68 bits per heavy atom. The number of nitrogens with one attached hydrogen (secondary N) is 1. The second-order valence-electron chi connectivity index (χ2n) is 6.39. The fourth-order valence-corrected chi connectivity index (χ4v) is 3.53. The van der Waals surface area contributed by atoms with Crippen LogP contribution >= 0.6 is 0 Å². The molecule has 2 aliphatic rings. The summed E-state index contributed by atoms with van der Waals surface area (Å²) in [4.78, 5) is 0. The Balaban J connectivity index is 1.94. The Morgan fingerprint density at radius 2 is 2.11 bits per heavy atom. The molecule has 112 valence electrons. The van der Waals surface area contributed by atoms with Gasteiger partial charge in [0.2, 0.25) is 5.92 Å². The minimum absolute atomic E-state index is 0.00125. The summed E-state index contributed by atoms with van der Waals surface area (Å²) in [6.07, 6.45) is 5.37. The zero-order valence-corrected chi connectivity index (χ0v) is 11.8. The molecule has 2 fully saturated rings. The third-order valence-corrected chi connectivity index (χ3v) is 4.75. The van der Waals surface area contributed by atoms with Crippen LogP contribution in [0.1, 0.15) is 58.3 Å². The van der Waals surface area contributed by atoms with Crippen LogP contribution < -0.4 is 11.3 Å². The van der Waals surface area contributed by atoms with Gasteiger partial charge >= 0.3 is 0 Å². The van der Waals surface area contributed by atoms with E-state index in [1.54, 1.807) is 0 Å². The van der Waals surface area contributed by atoms with E-state index >= 15 is 0 Å². The van der Waals surface area contributed by atoms with E-state index in [1.165, 1.54) is 0 Å². The Hall–Kier alpha value is -0.260. The van der Waals surface area contributed by atoms with E-state index in [4.69, 9.17) is 10.6 Å². The fraction of sp³-hybridized carbons (Fsp3) is 1.00. The Labute approximate surface area is 114 Å². The van der Waals surface area contributed by atoms with Gasteiger partial charge in [0.05, 0.1) is 11.6 Å². The fourth-order valence-electron chi connectivity index (χ4n) is 3.53. The second kappa shape index (κ2) is 6.02. The van der Waals surface area contributed by atoms with Crippen molar-refractivity contribution in [1.82, 2.24) is 5.43 Å². The van der Waals surface area contributed by atoms with Crippen molar-refractivity contribution in [3.8, 4) is 0 Å². The van der Waals surface area contributed by atoms with Crippen LogP contribution in [0.3, 0.4) is 0 Å². The molecule has 0 radical (unpaired) electrons. The van der Waals surface area contributed by atoms with Gasteiger partial charge in [0.15, 0.2) is 0 Å². The van der Waals surface area contributed by atoms with Gasteiger partial charge in [-0.05, 0) is 51.4 Å². The first-order valence-corrected chi connectivity index (χ1v) is 7.43. The number of hydrazine groups is 1. The average Bonchev–Trinajstić information content (AvgIpc) is 2.35. The maximum atomic E-state index is 13.5. The minimum atomic E-state index is -2.49. The van der Waals surface area contributed by atoms with Crippen molar-refractivity contribution >= 4 is 0 Å². The molecule has 19 heavy (non-hydrogen) atoms. The molecule has 0 bridgehead atoms. The quantitative estimate of drug-likeness (QED) is 0.613. The number of ether oxygens (including phenoxy) is 1. The van der Waals surface area contributed by atoms with Crippen LogP contribution in [0.5, 0.6) is 0 Å². The molecule has 1 aliphatic carbocycles. The Bertz CT molecular complexity index is 293. The van der Waals surface area contributed by atoms with E-state index in [0.717, 1.165) is 32.3 Å². The minimum Gasteiger partial charge on any atom is -0.374 e. The molecule has 0 aromatic heterocycles. The van der Waals surface area contributed by atoms with Gasteiger partial charge in [0.25, 0.3) is 0 Å². The third-order valence-electron chi connectivity index (χ3n) is 4.75. The first kappa shape index (κ1) is 15.1. The highest BCUT2D eigenvalue weighted by atomic mass is 19.3. The van der Waals surface area contributed by atoms with Crippen molar-refractivity contribution in [2.24, 2.45) is 11.8 Å². The van der Waals surface area contributed by atoms with Crippen LogP contribution in [0.15, 0.2) is 0 Å². The van der Waals surface area contributed by atoms with Gasteiger partial charge in [-0.25, -0.2) is 8.78 Å². The summed E-state index contributed by atoms with van der Waals surface area (Å²) in [6, 6.07) is -0.0355. The van der Waals surface area contributed by atoms with Crippen molar-refractivity contribution in [3.05, 3.63) is 0 Å². The van der Waals surface area contributed by atoms with Gasteiger partial charge in [-0.2, -0.15) is 0 Å². The second-order valence-corrected chi connectivity index (χ2v) is 6.39. The van der Waals surface area contributed by atoms with Gasteiger partial charge in [-0.1, -0.05) is 0 Å². The normalized spacial score (nSPS) is 36.9. The number of hydrogen-bond acceptors (Lipinski definition) is 3. The van der Waals surface area contributed by atoms with E-state index < -0.39 is 5.92 Å². The van der Waals surface area contributed by atoms with Crippen molar-refractivity contribution < 1.29 is 13.5 Å². The Kier molecular flexibility index (Phi) is 4.79. The largest absolute Gasteiger partial charge is 0.374 e.